The third-order valence-electron chi connectivity index (χ3n) is 2.16. The number of hydrogen-bond acceptors (Lipinski definition) is 3. The Kier molecular flexibility index (Phi) is 6.21. The highest BCUT2D eigenvalue weighted by molar-refractivity contribution is 9.10. The summed E-state index contributed by atoms with van der Waals surface area (Å²) in [6.07, 6.45) is 0.0786. The van der Waals surface area contributed by atoms with Crippen molar-refractivity contribution < 1.29 is 14.7 Å². The van der Waals surface area contributed by atoms with Crippen LogP contribution in [-0.4, -0.2) is 28.5 Å². The summed E-state index contributed by atoms with van der Waals surface area (Å²) < 4.78 is 0.967. The van der Waals surface area contributed by atoms with Crippen LogP contribution < -0.4 is 5.32 Å². The molecular formula is C12H14BrNO3S. The molecule has 0 aromatic heterocycles. The van der Waals surface area contributed by atoms with Crippen LogP contribution in [0.4, 0.5) is 5.69 Å². The van der Waals surface area contributed by atoms with Crippen molar-refractivity contribution >= 4 is 45.3 Å². The molecule has 0 unspecified atom stereocenters. The zero-order valence-corrected chi connectivity index (χ0v) is 12.3. The van der Waals surface area contributed by atoms with E-state index in [0.717, 1.165) is 15.7 Å². The normalized spacial score (nSPS) is 10.1. The van der Waals surface area contributed by atoms with E-state index in [9.17, 15) is 9.59 Å². The van der Waals surface area contributed by atoms with Gasteiger partial charge in [-0.05, 0) is 30.7 Å². The van der Waals surface area contributed by atoms with E-state index >= 15 is 0 Å². The first-order valence-electron chi connectivity index (χ1n) is 5.34. The molecule has 0 aliphatic rings. The Bertz CT molecular complexity index is 451. The lowest BCUT2D eigenvalue weighted by Crippen LogP contribution is -2.15. The van der Waals surface area contributed by atoms with Gasteiger partial charge in [-0.1, -0.05) is 15.9 Å². The molecule has 1 amide bonds. The molecule has 0 atom stereocenters. The third kappa shape index (κ3) is 5.55. The van der Waals surface area contributed by atoms with Crippen molar-refractivity contribution in [3.8, 4) is 0 Å². The van der Waals surface area contributed by atoms with Gasteiger partial charge in [-0.3, -0.25) is 9.59 Å². The van der Waals surface area contributed by atoms with Crippen molar-refractivity contribution in [2.75, 3.05) is 16.8 Å². The topological polar surface area (TPSA) is 66.4 Å². The van der Waals surface area contributed by atoms with Crippen molar-refractivity contribution in [3.63, 3.8) is 0 Å². The van der Waals surface area contributed by atoms with Gasteiger partial charge in [0, 0.05) is 15.9 Å². The Balaban J connectivity index is 2.38. The number of thioether (sulfide) groups is 1. The van der Waals surface area contributed by atoms with Crippen LogP contribution >= 0.6 is 27.7 Å². The van der Waals surface area contributed by atoms with Gasteiger partial charge in [-0.25, -0.2) is 0 Å². The van der Waals surface area contributed by atoms with E-state index in [4.69, 9.17) is 5.11 Å². The standard InChI is InChI=1S/C12H14BrNO3S/c1-8-6-9(13)2-3-10(8)14-11(15)7-18-5-4-12(16)17/h2-3,6H,4-5,7H2,1H3,(H,14,15)(H,16,17). The van der Waals surface area contributed by atoms with Crippen molar-refractivity contribution in [2.24, 2.45) is 0 Å². The number of halogens is 1. The molecule has 0 fully saturated rings. The molecule has 1 aromatic rings. The molecule has 0 radical (unpaired) electrons. The zero-order chi connectivity index (χ0) is 13.5. The highest BCUT2D eigenvalue weighted by Crippen LogP contribution is 2.20. The number of hydrogen-bond donors (Lipinski definition) is 2. The Hall–Kier alpha value is -1.01. The van der Waals surface area contributed by atoms with Crippen molar-refractivity contribution in [1.29, 1.82) is 0 Å². The minimum Gasteiger partial charge on any atom is -0.481 e. The summed E-state index contributed by atoms with van der Waals surface area (Å²) in [5, 5.41) is 11.3. The van der Waals surface area contributed by atoms with Gasteiger partial charge < -0.3 is 10.4 Å². The van der Waals surface area contributed by atoms with E-state index < -0.39 is 5.97 Å². The van der Waals surface area contributed by atoms with Crippen molar-refractivity contribution in [3.05, 3.63) is 28.2 Å². The number of anilines is 1. The molecule has 0 saturated carbocycles. The number of aryl methyl sites for hydroxylation is 1. The summed E-state index contributed by atoms with van der Waals surface area (Å²) in [5.74, 6) is -0.243. The SMILES string of the molecule is Cc1cc(Br)ccc1NC(=O)CSCCC(=O)O. The van der Waals surface area contributed by atoms with Gasteiger partial charge in [0.15, 0.2) is 0 Å². The number of aliphatic carboxylic acids is 1. The highest BCUT2D eigenvalue weighted by atomic mass is 79.9. The molecule has 1 rings (SSSR count). The molecule has 0 spiro atoms. The summed E-state index contributed by atoms with van der Waals surface area (Å²) in [5.41, 5.74) is 1.76. The van der Waals surface area contributed by atoms with Crippen molar-refractivity contribution in [2.45, 2.75) is 13.3 Å². The van der Waals surface area contributed by atoms with E-state index in [-0.39, 0.29) is 18.1 Å². The van der Waals surface area contributed by atoms with Crippen LogP contribution in [0.1, 0.15) is 12.0 Å². The second-order valence-electron chi connectivity index (χ2n) is 3.70. The summed E-state index contributed by atoms with van der Waals surface area (Å²) in [6, 6.07) is 5.62. The Morgan fingerprint density at radius 3 is 2.78 bits per heavy atom. The fourth-order valence-electron chi connectivity index (χ4n) is 1.28. The average molecular weight is 332 g/mol. The van der Waals surface area contributed by atoms with Gasteiger partial charge in [0.2, 0.25) is 5.91 Å². The Morgan fingerprint density at radius 2 is 2.17 bits per heavy atom. The third-order valence-corrected chi connectivity index (χ3v) is 3.61. The van der Waals surface area contributed by atoms with Gasteiger partial charge in [-0.2, -0.15) is 11.8 Å². The molecular weight excluding hydrogens is 318 g/mol. The molecule has 0 bridgehead atoms. The number of carbonyl (C=O) groups excluding carboxylic acids is 1. The predicted octanol–water partition coefficient (Wildman–Crippen LogP) is 2.90. The molecule has 0 heterocycles. The molecule has 0 aliphatic carbocycles. The smallest absolute Gasteiger partial charge is 0.304 e. The first kappa shape index (κ1) is 15.0. The molecule has 1 aromatic carbocycles. The number of nitrogens with one attached hydrogen (secondary N) is 1. The van der Waals surface area contributed by atoms with Crippen LogP contribution in [0.2, 0.25) is 0 Å². The highest BCUT2D eigenvalue weighted by Gasteiger charge is 2.06. The Morgan fingerprint density at radius 1 is 1.44 bits per heavy atom. The van der Waals surface area contributed by atoms with E-state index in [2.05, 4.69) is 21.2 Å². The summed E-state index contributed by atoms with van der Waals surface area (Å²) in [7, 11) is 0. The summed E-state index contributed by atoms with van der Waals surface area (Å²) in [4.78, 5) is 21.9. The van der Waals surface area contributed by atoms with Crippen LogP contribution in [0.15, 0.2) is 22.7 Å². The minimum atomic E-state index is -0.841. The maximum Gasteiger partial charge on any atom is 0.304 e. The Labute approximate surface area is 118 Å². The number of carbonyl (C=O) groups is 2. The second kappa shape index (κ2) is 7.43. The van der Waals surface area contributed by atoms with Gasteiger partial charge in [0.05, 0.1) is 12.2 Å². The molecule has 0 saturated heterocycles. The number of carboxylic acids is 1. The number of benzene rings is 1. The van der Waals surface area contributed by atoms with E-state index in [1.165, 1.54) is 11.8 Å². The molecule has 18 heavy (non-hydrogen) atoms. The summed E-state index contributed by atoms with van der Waals surface area (Å²) >= 11 is 4.67. The number of carboxylic acid groups (broad SMARTS) is 1. The van der Waals surface area contributed by atoms with Crippen LogP contribution in [-0.2, 0) is 9.59 Å². The van der Waals surface area contributed by atoms with Crippen LogP contribution in [0, 0.1) is 6.92 Å². The fraction of sp³-hybridized carbons (Fsp3) is 0.333. The fourth-order valence-corrected chi connectivity index (χ4v) is 2.47. The maximum atomic E-state index is 11.6. The number of amides is 1. The van der Waals surface area contributed by atoms with Crippen molar-refractivity contribution in [1.82, 2.24) is 0 Å². The molecule has 98 valence electrons. The largest absolute Gasteiger partial charge is 0.481 e. The first-order chi connectivity index (χ1) is 8.49. The molecule has 4 nitrogen and oxygen atoms in total. The van der Waals surface area contributed by atoms with E-state index in [0.29, 0.717) is 5.75 Å². The maximum absolute atomic E-state index is 11.6. The lowest BCUT2D eigenvalue weighted by molar-refractivity contribution is -0.136. The van der Waals surface area contributed by atoms with E-state index in [1.54, 1.807) is 0 Å². The first-order valence-corrected chi connectivity index (χ1v) is 7.29. The predicted molar refractivity (Wildman–Crippen MR) is 77.1 cm³/mol. The van der Waals surface area contributed by atoms with Gasteiger partial charge in [-0.15, -0.1) is 0 Å². The minimum absolute atomic E-state index is 0.0786. The van der Waals surface area contributed by atoms with Gasteiger partial charge in [0.25, 0.3) is 0 Å². The lowest BCUT2D eigenvalue weighted by atomic mass is 10.2. The molecule has 6 heteroatoms. The van der Waals surface area contributed by atoms with Crippen LogP contribution in [0.25, 0.3) is 0 Å². The number of rotatable bonds is 6. The lowest BCUT2D eigenvalue weighted by Gasteiger charge is -2.08. The monoisotopic (exact) mass is 331 g/mol. The molecule has 2 N–H and O–H groups in total. The van der Waals surface area contributed by atoms with Crippen LogP contribution in [0.5, 0.6) is 0 Å². The van der Waals surface area contributed by atoms with Crippen LogP contribution in [0.3, 0.4) is 0 Å². The zero-order valence-electron chi connectivity index (χ0n) is 9.90. The average Bonchev–Trinajstić information content (AvgIpc) is 2.28. The second-order valence-corrected chi connectivity index (χ2v) is 5.72. The molecule has 0 aliphatic heterocycles. The van der Waals surface area contributed by atoms with Gasteiger partial charge in [0.1, 0.15) is 0 Å². The van der Waals surface area contributed by atoms with E-state index in [1.807, 2.05) is 25.1 Å². The quantitative estimate of drug-likeness (QED) is 0.786. The summed E-state index contributed by atoms with van der Waals surface area (Å²) in [6.45, 7) is 1.91. The van der Waals surface area contributed by atoms with Gasteiger partial charge >= 0.3 is 5.97 Å².